The van der Waals surface area contributed by atoms with Crippen LogP contribution < -0.4 is 10.9 Å². The summed E-state index contributed by atoms with van der Waals surface area (Å²) in [5.74, 6) is -0.283. The van der Waals surface area contributed by atoms with E-state index in [9.17, 15) is 16.8 Å². The number of hydrogen-bond acceptors (Lipinski definition) is 6. The van der Waals surface area contributed by atoms with E-state index >= 15 is 0 Å². The average Bonchev–Trinajstić information content (AvgIpc) is 2.05. The van der Waals surface area contributed by atoms with Crippen molar-refractivity contribution in [1.29, 1.82) is 0 Å². The number of benzene rings is 1. The van der Waals surface area contributed by atoms with Gasteiger partial charge in [0, 0.05) is 0 Å². The van der Waals surface area contributed by atoms with Crippen molar-refractivity contribution in [2.24, 2.45) is 5.14 Å². The maximum absolute atomic E-state index is 11.5. The van der Waals surface area contributed by atoms with Crippen LogP contribution in [0, 0.1) is 0 Å². The highest BCUT2D eigenvalue weighted by molar-refractivity contribution is 8.07. The SMILES string of the molecule is Nc1cc(S(=O)(=O)CS(N)(=O)=O)ccc1O. The van der Waals surface area contributed by atoms with Gasteiger partial charge in [0.1, 0.15) is 5.75 Å². The van der Waals surface area contributed by atoms with E-state index in [1.54, 1.807) is 0 Å². The van der Waals surface area contributed by atoms with Crippen LogP contribution in [0.4, 0.5) is 5.69 Å². The Kier molecular flexibility index (Phi) is 3.13. The van der Waals surface area contributed by atoms with Crippen molar-refractivity contribution >= 4 is 25.5 Å². The van der Waals surface area contributed by atoms with Crippen LogP contribution in [-0.2, 0) is 19.9 Å². The Morgan fingerprint density at radius 1 is 1.19 bits per heavy atom. The number of rotatable bonds is 3. The van der Waals surface area contributed by atoms with E-state index in [1.807, 2.05) is 0 Å². The third-order valence-corrected chi connectivity index (χ3v) is 5.21. The van der Waals surface area contributed by atoms with E-state index in [2.05, 4.69) is 5.14 Å². The number of phenols is 1. The Morgan fingerprint density at radius 3 is 2.19 bits per heavy atom. The van der Waals surface area contributed by atoms with E-state index in [1.165, 1.54) is 0 Å². The van der Waals surface area contributed by atoms with Gasteiger partial charge in [0.25, 0.3) is 0 Å². The largest absolute Gasteiger partial charge is 0.506 e. The molecule has 0 spiro atoms. The number of nitrogen functional groups attached to an aromatic ring is 1. The highest BCUT2D eigenvalue weighted by atomic mass is 32.3. The van der Waals surface area contributed by atoms with E-state index in [0.717, 1.165) is 18.2 Å². The van der Waals surface area contributed by atoms with Gasteiger partial charge in [-0.2, -0.15) is 0 Å². The molecule has 16 heavy (non-hydrogen) atoms. The standard InChI is InChI=1S/C7H10N2O5S2/c8-6-3-5(1-2-7(6)10)15(11,12)4-16(9,13)14/h1-3,10H,4,8H2,(H2,9,13,14). The van der Waals surface area contributed by atoms with Crippen LogP contribution in [0.2, 0.25) is 0 Å². The number of aromatic hydroxyl groups is 1. The summed E-state index contributed by atoms with van der Waals surface area (Å²) >= 11 is 0. The Balaban J connectivity index is 3.24. The first-order valence-electron chi connectivity index (χ1n) is 3.93. The lowest BCUT2D eigenvalue weighted by atomic mass is 10.3. The molecule has 7 nitrogen and oxygen atoms in total. The molecule has 9 heteroatoms. The highest BCUT2D eigenvalue weighted by Crippen LogP contribution is 2.23. The lowest BCUT2D eigenvalue weighted by molar-refractivity contribution is 0.477. The van der Waals surface area contributed by atoms with Gasteiger partial charge < -0.3 is 10.8 Å². The van der Waals surface area contributed by atoms with Crippen LogP contribution in [-0.4, -0.2) is 27.0 Å². The van der Waals surface area contributed by atoms with Gasteiger partial charge in [0.05, 0.1) is 10.6 Å². The molecule has 90 valence electrons. The Morgan fingerprint density at radius 2 is 1.75 bits per heavy atom. The summed E-state index contributed by atoms with van der Waals surface area (Å²) in [6.07, 6.45) is 0. The molecule has 0 amide bonds. The quantitative estimate of drug-likeness (QED) is 0.473. The van der Waals surface area contributed by atoms with Gasteiger partial charge in [-0.3, -0.25) is 0 Å². The molecule has 0 aliphatic rings. The Bertz CT molecular complexity index is 606. The molecule has 0 saturated carbocycles. The minimum atomic E-state index is -4.14. The van der Waals surface area contributed by atoms with E-state index in [4.69, 9.17) is 10.8 Å². The fourth-order valence-corrected chi connectivity index (χ4v) is 3.87. The second-order valence-corrected chi connectivity index (χ2v) is 7.09. The van der Waals surface area contributed by atoms with Crippen LogP contribution in [0.15, 0.2) is 23.1 Å². The van der Waals surface area contributed by atoms with Crippen molar-refractivity contribution in [2.45, 2.75) is 4.90 Å². The molecule has 0 fully saturated rings. The molecule has 1 rings (SSSR count). The lowest BCUT2D eigenvalue weighted by Crippen LogP contribution is -2.23. The number of primary sulfonamides is 1. The van der Waals surface area contributed by atoms with Crippen LogP contribution in [0.5, 0.6) is 5.75 Å². The second kappa shape index (κ2) is 3.92. The topological polar surface area (TPSA) is 141 Å². The summed E-state index contributed by atoms with van der Waals surface area (Å²) in [6, 6.07) is 3.08. The summed E-state index contributed by atoms with van der Waals surface area (Å²) in [5.41, 5.74) is 5.13. The van der Waals surface area contributed by atoms with E-state index in [0.29, 0.717) is 0 Å². The minimum absolute atomic E-state index is 0.157. The van der Waals surface area contributed by atoms with Gasteiger partial charge >= 0.3 is 0 Å². The molecule has 0 aliphatic carbocycles. The molecule has 0 aliphatic heterocycles. The number of nitrogens with two attached hydrogens (primary N) is 2. The first-order chi connectivity index (χ1) is 7.12. The van der Waals surface area contributed by atoms with Gasteiger partial charge in [0.15, 0.2) is 14.9 Å². The van der Waals surface area contributed by atoms with Crippen molar-refractivity contribution in [2.75, 3.05) is 10.8 Å². The van der Waals surface area contributed by atoms with Crippen molar-refractivity contribution in [3.63, 3.8) is 0 Å². The van der Waals surface area contributed by atoms with Crippen molar-refractivity contribution in [1.82, 2.24) is 0 Å². The molecule has 0 unspecified atom stereocenters. The fraction of sp³-hybridized carbons (Fsp3) is 0.143. The molecule has 0 radical (unpaired) electrons. The first kappa shape index (κ1) is 12.7. The molecule has 0 bridgehead atoms. The Hall–Kier alpha value is -1.32. The summed E-state index contributed by atoms with van der Waals surface area (Å²) < 4.78 is 44.4. The molecule has 0 heterocycles. The number of hydrogen-bond donors (Lipinski definition) is 3. The molecular formula is C7H10N2O5S2. The van der Waals surface area contributed by atoms with Gasteiger partial charge in [-0.25, -0.2) is 22.0 Å². The van der Waals surface area contributed by atoms with Crippen LogP contribution in [0.25, 0.3) is 0 Å². The summed E-state index contributed by atoms with van der Waals surface area (Å²) in [5, 5.41) is 12.5. The zero-order valence-electron chi connectivity index (χ0n) is 7.99. The zero-order chi connectivity index (χ0) is 12.6. The first-order valence-corrected chi connectivity index (χ1v) is 7.30. The summed E-state index contributed by atoms with van der Waals surface area (Å²) in [4.78, 5) is -0.308. The highest BCUT2D eigenvalue weighted by Gasteiger charge is 2.21. The third kappa shape index (κ3) is 3.08. The molecule has 0 saturated heterocycles. The van der Waals surface area contributed by atoms with Crippen molar-refractivity contribution in [3.8, 4) is 5.75 Å². The molecule has 0 aromatic heterocycles. The predicted molar refractivity (Wildman–Crippen MR) is 57.7 cm³/mol. The van der Waals surface area contributed by atoms with Gasteiger partial charge in [-0.05, 0) is 18.2 Å². The minimum Gasteiger partial charge on any atom is -0.506 e. The van der Waals surface area contributed by atoms with E-state index in [-0.39, 0.29) is 16.3 Å². The smallest absolute Gasteiger partial charge is 0.223 e. The van der Waals surface area contributed by atoms with E-state index < -0.39 is 24.9 Å². The maximum atomic E-state index is 11.5. The molecule has 1 aromatic carbocycles. The van der Waals surface area contributed by atoms with Gasteiger partial charge in [-0.15, -0.1) is 0 Å². The molecule has 0 atom stereocenters. The normalized spacial score (nSPS) is 12.6. The van der Waals surface area contributed by atoms with Gasteiger partial charge in [0.2, 0.25) is 10.0 Å². The monoisotopic (exact) mass is 266 g/mol. The number of phenolic OH excluding ortho intramolecular Hbond substituents is 1. The van der Waals surface area contributed by atoms with Gasteiger partial charge in [-0.1, -0.05) is 0 Å². The molecular weight excluding hydrogens is 256 g/mol. The second-order valence-electron chi connectivity index (χ2n) is 3.12. The van der Waals surface area contributed by atoms with Crippen molar-refractivity contribution < 1.29 is 21.9 Å². The average molecular weight is 266 g/mol. The number of sulfone groups is 1. The lowest BCUT2D eigenvalue weighted by Gasteiger charge is -2.04. The van der Waals surface area contributed by atoms with Crippen LogP contribution >= 0.6 is 0 Å². The molecule has 5 N–H and O–H groups in total. The fourth-order valence-electron chi connectivity index (χ4n) is 1.01. The zero-order valence-corrected chi connectivity index (χ0v) is 9.62. The maximum Gasteiger partial charge on any atom is 0.223 e. The van der Waals surface area contributed by atoms with Crippen LogP contribution in [0.1, 0.15) is 0 Å². The Labute approximate surface area is 92.7 Å². The number of sulfonamides is 1. The number of anilines is 1. The predicted octanol–water partition coefficient (Wildman–Crippen LogP) is -1.01. The third-order valence-electron chi connectivity index (χ3n) is 1.68. The summed E-state index contributed by atoms with van der Waals surface area (Å²) in [7, 11) is -8.21. The van der Waals surface area contributed by atoms with Crippen molar-refractivity contribution in [3.05, 3.63) is 18.2 Å². The van der Waals surface area contributed by atoms with Crippen LogP contribution in [0.3, 0.4) is 0 Å². The molecule has 1 aromatic rings. The summed E-state index contributed by atoms with van der Waals surface area (Å²) in [6.45, 7) is 0.